The van der Waals surface area contributed by atoms with E-state index in [-0.39, 0.29) is 10.9 Å². The van der Waals surface area contributed by atoms with E-state index in [1.54, 1.807) is 24.3 Å². The third kappa shape index (κ3) is 6.88. The van der Waals surface area contributed by atoms with Crippen molar-refractivity contribution in [3.63, 3.8) is 0 Å². The number of halogens is 3. The Bertz CT molecular complexity index is 1430. The summed E-state index contributed by atoms with van der Waals surface area (Å²) >= 11 is 4.25. The largest absolute Gasteiger partial charge is 0.573 e. The number of ether oxygens (including phenoxy) is 1. The summed E-state index contributed by atoms with van der Waals surface area (Å²) in [4.78, 5) is 20.4. The number of amidine groups is 1. The Morgan fingerprint density at radius 1 is 1.00 bits per heavy atom. The number of aliphatic imine (C=N–C) groups is 1. The number of carbonyl (C=O) groups excluding carboxylic acids is 1. The van der Waals surface area contributed by atoms with Crippen molar-refractivity contribution < 1.29 is 22.7 Å². The maximum absolute atomic E-state index is 12.3. The van der Waals surface area contributed by atoms with E-state index in [4.69, 9.17) is 0 Å². The van der Waals surface area contributed by atoms with Crippen LogP contribution < -0.4 is 15.4 Å². The first-order chi connectivity index (χ1) is 17.6. The molecule has 190 valence electrons. The summed E-state index contributed by atoms with van der Waals surface area (Å²) in [6.45, 7) is 3.95. The van der Waals surface area contributed by atoms with Gasteiger partial charge >= 0.3 is 12.4 Å². The predicted molar refractivity (Wildman–Crippen MR) is 138 cm³/mol. The third-order valence-electron chi connectivity index (χ3n) is 5.28. The van der Waals surface area contributed by atoms with Gasteiger partial charge in [0.05, 0.1) is 5.69 Å². The van der Waals surface area contributed by atoms with Crippen LogP contribution in [0.25, 0.3) is 17.1 Å². The maximum atomic E-state index is 12.3. The van der Waals surface area contributed by atoms with Gasteiger partial charge in [0.25, 0.3) is 0 Å². The molecule has 12 heteroatoms. The first-order valence-corrected chi connectivity index (χ1v) is 11.3. The maximum Gasteiger partial charge on any atom is 0.573 e. The average Bonchev–Trinajstić information content (AvgIpc) is 3.32. The van der Waals surface area contributed by atoms with Gasteiger partial charge in [-0.2, -0.15) is 4.99 Å². The van der Waals surface area contributed by atoms with Gasteiger partial charge in [-0.05, 0) is 79.6 Å². The number of nitrogens with one attached hydrogen (secondary N) is 2. The molecule has 0 unspecified atom stereocenters. The van der Waals surface area contributed by atoms with Crippen LogP contribution in [0.2, 0.25) is 0 Å². The fraction of sp³-hybridized carbons (Fsp3) is 0.120. The minimum Gasteiger partial charge on any atom is -0.406 e. The molecule has 2 amide bonds. The fourth-order valence-corrected chi connectivity index (χ4v) is 3.52. The van der Waals surface area contributed by atoms with Crippen LogP contribution in [0.5, 0.6) is 5.75 Å². The van der Waals surface area contributed by atoms with E-state index in [1.165, 1.54) is 35.3 Å². The van der Waals surface area contributed by atoms with E-state index < -0.39 is 12.4 Å². The Labute approximate surface area is 215 Å². The number of hydrogen-bond donors (Lipinski definition) is 3. The second-order valence-electron chi connectivity index (χ2n) is 7.87. The fourth-order valence-electron chi connectivity index (χ4n) is 3.31. The first kappa shape index (κ1) is 25.8. The van der Waals surface area contributed by atoms with Gasteiger partial charge in [0.2, 0.25) is 0 Å². The van der Waals surface area contributed by atoms with E-state index in [2.05, 4.69) is 43.1 Å². The van der Waals surface area contributed by atoms with E-state index >= 15 is 0 Å². The molecule has 4 rings (SSSR count). The molecule has 0 aliphatic heterocycles. The highest BCUT2D eigenvalue weighted by Crippen LogP contribution is 2.24. The molecular formula is C25H21F3N6O2S. The molecule has 8 nitrogen and oxygen atoms in total. The number of aryl methyl sites for hydroxylation is 1. The number of anilines is 2. The number of rotatable bonds is 5. The molecule has 0 atom stereocenters. The molecule has 4 aromatic rings. The van der Waals surface area contributed by atoms with Gasteiger partial charge in [-0.1, -0.05) is 12.1 Å². The number of thiol groups is 1. The molecule has 0 saturated carbocycles. The van der Waals surface area contributed by atoms with Crippen LogP contribution in [0.1, 0.15) is 11.1 Å². The smallest absolute Gasteiger partial charge is 0.406 e. The van der Waals surface area contributed by atoms with E-state index in [0.717, 1.165) is 16.8 Å². The van der Waals surface area contributed by atoms with Crippen LogP contribution in [0.15, 0.2) is 78.0 Å². The van der Waals surface area contributed by atoms with Crippen molar-refractivity contribution >= 4 is 35.2 Å². The first-order valence-electron chi connectivity index (χ1n) is 10.9. The molecule has 1 heterocycles. The lowest BCUT2D eigenvalue weighted by Gasteiger charge is -2.10. The van der Waals surface area contributed by atoms with Gasteiger partial charge in [-0.3, -0.25) is 0 Å². The number of alkyl halides is 3. The van der Waals surface area contributed by atoms with E-state index in [9.17, 15) is 18.0 Å². The Morgan fingerprint density at radius 3 is 2.38 bits per heavy atom. The van der Waals surface area contributed by atoms with Crippen molar-refractivity contribution in [3.05, 3.63) is 84.2 Å². The molecule has 2 N–H and O–H groups in total. The monoisotopic (exact) mass is 526 g/mol. The van der Waals surface area contributed by atoms with Gasteiger partial charge in [-0.15, -0.1) is 30.9 Å². The highest BCUT2D eigenvalue weighted by atomic mass is 32.1. The van der Waals surface area contributed by atoms with Crippen molar-refractivity contribution in [3.8, 4) is 22.8 Å². The minimum atomic E-state index is -4.76. The third-order valence-corrected chi connectivity index (χ3v) is 5.49. The second kappa shape index (κ2) is 10.7. The molecule has 0 bridgehead atoms. The number of amides is 2. The summed E-state index contributed by atoms with van der Waals surface area (Å²) in [7, 11) is 0. The number of hydrogen-bond acceptors (Lipinski definition) is 4. The lowest BCUT2D eigenvalue weighted by molar-refractivity contribution is -0.274. The Balaban J connectivity index is 1.38. The van der Waals surface area contributed by atoms with Gasteiger partial charge in [0.15, 0.2) is 11.0 Å². The summed E-state index contributed by atoms with van der Waals surface area (Å²) < 4.78 is 42.3. The summed E-state index contributed by atoms with van der Waals surface area (Å²) in [6, 6.07) is 17.2. The van der Waals surface area contributed by atoms with E-state index in [0.29, 0.717) is 22.8 Å². The Kier molecular flexibility index (Phi) is 7.48. The molecular weight excluding hydrogens is 505 g/mol. The van der Waals surface area contributed by atoms with Crippen LogP contribution in [-0.2, 0) is 0 Å². The van der Waals surface area contributed by atoms with Crippen molar-refractivity contribution in [1.82, 2.24) is 14.8 Å². The standard InChI is InChI=1S/C25H21F3N6O2S/c1-15-4-3-5-21(16(15)2)31-24(37)32-23(35)30-18-8-6-17(7-9-18)22-29-14-34(33-22)19-10-12-20(13-11-19)36-25(26,27)28/h3-14H,1-2H3,(H3,30,31,32,35,37). The van der Waals surface area contributed by atoms with Crippen LogP contribution in [0.4, 0.5) is 29.3 Å². The number of benzene rings is 3. The molecule has 0 radical (unpaired) electrons. The second-order valence-corrected chi connectivity index (χ2v) is 8.29. The molecule has 0 aliphatic rings. The van der Waals surface area contributed by atoms with Crippen molar-refractivity contribution in [1.29, 1.82) is 0 Å². The van der Waals surface area contributed by atoms with Crippen molar-refractivity contribution in [2.24, 2.45) is 4.99 Å². The lowest BCUT2D eigenvalue weighted by atomic mass is 10.1. The quantitative estimate of drug-likeness (QED) is 0.159. The van der Waals surface area contributed by atoms with Gasteiger partial charge in [0.1, 0.15) is 12.1 Å². The number of urea groups is 1. The average molecular weight is 527 g/mol. The van der Waals surface area contributed by atoms with Crippen molar-refractivity contribution in [2.75, 3.05) is 10.6 Å². The van der Waals surface area contributed by atoms with Gasteiger partial charge < -0.3 is 15.4 Å². The summed E-state index contributed by atoms with van der Waals surface area (Å²) in [5.74, 6) is 0.0616. The van der Waals surface area contributed by atoms with E-state index in [1.807, 2.05) is 32.0 Å². The topological polar surface area (TPSA) is 93.4 Å². The molecule has 0 aliphatic carbocycles. The highest BCUT2D eigenvalue weighted by Gasteiger charge is 2.31. The minimum absolute atomic E-state index is 0.149. The van der Waals surface area contributed by atoms with Crippen LogP contribution in [0, 0.1) is 13.8 Å². The highest BCUT2D eigenvalue weighted by molar-refractivity contribution is 7.97. The zero-order valence-corrected chi connectivity index (χ0v) is 20.5. The normalized spacial score (nSPS) is 11.8. The molecule has 1 aromatic heterocycles. The molecule has 0 spiro atoms. The lowest BCUT2D eigenvalue weighted by Crippen LogP contribution is -2.17. The number of carbonyl (C=O) groups is 1. The zero-order chi connectivity index (χ0) is 26.6. The zero-order valence-electron chi connectivity index (χ0n) is 19.6. The van der Waals surface area contributed by atoms with Crippen LogP contribution >= 0.6 is 12.6 Å². The molecule has 37 heavy (non-hydrogen) atoms. The summed E-state index contributed by atoms with van der Waals surface area (Å²) in [5.41, 5.74) is 4.62. The molecule has 0 saturated heterocycles. The summed E-state index contributed by atoms with van der Waals surface area (Å²) in [6.07, 6.45) is -3.32. The summed E-state index contributed by atoms with van der Waals surface area (Å²) in [5, 5.41) is 10.2. The SMILES string of the molecule is Cc1cccc(N/C(S)=N/C(=O)Nc2ccc(-c3ncn(-c4ccc(OC(F)(F)F)cc4)n3)cc2)c1C. The predicted octanol–water partition coefficient (Wildman–Crippen LogP) is 6.38. The van der Waals surface area contributed by atoms with Crippen LogP contribution in [-0.4, -0.2) is 32.3 Å². The van der Waals surface area contributed by atoms with Crippen molar-refractivity contribution in [2.45, 2.75) is 20.2 Å². The molecule has 3 aromatic carbocycles. The Morgan fingerprint density at radius 2 is 1.70 bits per heavy atom. The number of aromatic nitrogens is 3. The van der Waals surface area contributed by atoms with Crippen LogP contribution in [0.3, 0.4) is 0 Å². The van der Waals surface area contributed by atoms with Gasteiger partial charge in [-0.25, -0.2) is 14.5 Å². The van der Waals surface area contributed by atoms with Gasteiger partial charge in [0, 0.05) is 16.9 Å². The number of nitrogens with zero attached hydrogens (tertiary/aromatic N) is 4. The molecule has 0 fully saturated rings. The Hall–Kier alpha value is -4.32.